The van der Waals surface area contributed by atoms with Crippen LogP contribution >= 0.6 is 0 Å². The number of piperidine rings is 1. The van der Waals surface area contributed by atoms with Gasteiger partial charge in [-0.25, -0.2) is 9.59 Å². The van der Waals surface area contributed by atoms with Crippen molar-refractivity contribution < 1.29 is 9.53 Å². The standard InChI is InChI=1S/C30H37N5O3/c1-5-6-10-24-23-11-8-7-9-21(23)18-32-25(24)20-34-27-19-31-15-12-26(27)35(28(34)36)22-13-16-33(17-14-22)29(37)38-30(2,3)4/h7-9,11-12,15,18-19,22H,5-6,10,13-14,16-17,20H2,1-4H3. The van der Waals surface area contributed by atoms with Crippen LogP contribution in [-0.2, 0) is 17.7 Å². The second-order valence-electron chi connectivity index (χ2n) is 11.2. The number of carbonyl (C=O) groups excluding carboxylic acids is 1. The molecule has 5 rings (SSSR count). The molecular formula is C30H37N5O3. The summed E-state index contributed by atoms with van der Waals surface area (Å²) in [5, 5.41) is 2.32. The zero-order valence-corrected chi connectivity index (χ0v) is 22.8. The van der Waals surface area contributed by atoms with Crippen LogP contribution in [0.1, 0.15) is 70.7 Å². The smallest absolute Gasteiger partial charge is 0.410 e. The minimum atomic E-state index is -0.530. The Bertz CT molecular complexity index is 1510. The third-order valence-corrected chi connectivity index (χ3v) is 7.33. The Balaban J connectivity index is 1.47. The van der Waals surface area contributed by atoms with Crippen LogP contribution in [0.25, 0.3) is 21.8 Å². The molecule has 0 bridgehead atoms. The Hall–Kier alpha value is -3.68. The van der Waals surface area contributed by atoms with E-state index in [4.69, 9.17) is 9.72 Å². The summed E-state index contributed by atoms with van der Waals surface area (Å²) in [5.74, 6) is 0. The highest BCUT2D eigenvalue weighted by Crippen LogP contribution is 2.28. The van der Waals surface area contributed by atoms with Gasteiger partial charge in [0.25, 0.3) is 0 Å². The van der Waals surface area contributed by atoms with Gasteiger partial charge in [-0.1, -0.05) is 37.6 Å². The van der Waals surface area contributed by atoms with Crippen molar-refractivity contribution in [2.24, 2.45) is 0 Å². The molecule has 1 amide bonds. The van der Waals surface area contributed by atoms with E-state index < -0.39 is 5.60 Å². The van der Waals surface area contributed by atoms with Gasteiger partial charge in [-0.3, -0.25) is 19.1 Å². The summed E-state index contributed by atoms with van der Waals surface area (Å²) in [6.07, 6.45) is 9.59. The van der Waals surface area contributed by atoms with Crippen LogP contribution in [-0.4, -0.2) is 48.8 Å². The van der Waals surface area contributed by atoms with Gasteiger partial charge in [-0.15, -0.1) is 0 Å². The molecule has 8 heteroatoms. The summed E-state index contributed by atoms with van der Waals surface area (Å²) in [4.78, 5) is 37.4. The normalized spacial score (nSPS) is 14.9. The predicted molar refractivity (Wildman–Crippen MR) is 150 cm³/mol. The van der Waals surface area contributed by atoms with Gasteiger partial charge in [-0.2, -0.15) is 0 Å². The number of aryl methyl sites for hydroxylation is 1. The minimum absolute atomic E-state index is 0.00328. The maximum atomic E-state index is 13.9. The largest absolute Gasteiger partial charge is 0.444 e. The molecule has 1 aromatic carbocycles. The van der Waals surface area contributed by atoms with Crippen molar-refractivity contribution in [2.75, 3.05) is 13.1 Å². The molecule has 8 nitrogen and oxygen atoms in total. The van der Waals surface area contributed by atoms with Gasteiger partial charge in [0.1, 0.15) is 5.60 Å². The Morgan fingerprint density at radius 3 is 2.58 bits per heavy atom. The fourth-order valence-corrected chi connectivity index (χ4v) is 5.45. The van der Waals surface area contributed by atoms with Gasteiger partial charge in [0.2, 0.25) is 0 Å². The Labute approximate surface area is 223 Å². The summed E-state index contributed by atoms with van der Waals surface area (Å²) in [7, 11) is 0. The highest BCUT2D eigenvalue weighted by molar-refractivity contribution is 5.85. The molecule has 1 aliphatic rings. The van der Waals surface area contributed by atoms with E-state index in [1.165, 1.54) is 10.9 Å². The zero-order valence-electron chi connectivity index (χ0n) is 22.8. The van der Waals surface area contributed by atoms with E-state index in [-0.39, 0.29) is 17.8 Å². The lowest BCUT2D eigenvalue weighted by molar-refractivity contribution is 0.0188. The Morgan fingerprint density at radius 2 is 1.84 bits per heavy atom. The maximum absolute atomic E-state index is 13.9. The van der Waals surface area contributed by atoms with E-state index in [1.807, 2.05) is 48.2 Å². The van der Waals surface area contributed by atoms with E-state index >= 15 is 0 Å². The number of likely N-dealkylation sites (tertiary alicyclic amines) is 1. The van der Waals surface area contributed by atoms with Crippen LogP contribution in [0.3, 0.4) is 0 Å². The molecule has 0 spiro atoms. The topological polar surface area (TPSA) is 82.2 Å². The van der Waals surface area contributed by atoms with Crippen LogP contribution in [0, 0.1) is 0 Å². The lowest BCUT2D eigenvalue weighted by atomic mass is 9.99. The van der Waals surface area contributed by atoms with Crippen molar-refractivity contribution in [1.82, 2.24) is 24.0 Å². The lowest BCUT2D eigenvalue weighted by Crippen LogP contribution is -2.43. The van der Waals surface area contributed by atoms with E-state index in [1.54, 1.807) is 17.3 Å². The number of hydrogen-bond acceptors (Lipinski definition) is 5. The highest BCUT2D eigenvalue weighted by atomic mass is 16.6. The lowest BCUT2D eigenvalue weighted by Gasteiger charge is -2.33. The first kappa shape index (κ1) is 25.9. The first-order valence-electron chi connectivity index (χ1n) is 13.6. The van der Waals surface area contributed by atoms with Crippen molar-refractivity contribution in [3.63, 3.8) is 0 Å². The SMILES string of the molecule is CCCCc1c(Cn2c(=O)n(C3CCN(C(=O)OC(C)(C)C)CC3)c3ccncc32)ncc2ccccc12. The molecule has 1 saturated heterocycles. The van der Waals surface area contributed by atoms with Crippen molar-refractivity contribution in [1.29, 1.82) is 0 Å². The molecule has 0 saturated carbocycles. The third kappa shape index (κ3) is 5.17. The number of hydrogen-bond donors (Lipinski definition) is 0. The van der Waals surface area contributed by atoms with E-state index in [9.17, 15) is 9.59 Å². The van der Waals surface area contributed by atoms with E-state index in [0.29, 0.717) is 32.5 Å². The number of aromatic nitrogens is 4. The Kier molecular flexibility index (Phi) is 7.23. The monoisotopic (exact) mass is 515 g/mol. The van der Waals surface area contributed by atoms with Gasteiger partial charge in [0.05, 0.1) is 29.5 Å². The van der Waals surface area contributed by atoms with Crippen LogP contribution < -0.4 is 5.69 Å². The summed E-state index contributed by atoms with van der Waals surface area (Å²) >= 11 is 0. The summed E-state index contributed by atoms with van der Waals surface area (Å²) in [5.41, 5.74) is 3.24. The first-order valence-corrected chi connectivity index (χ1v) is 13.6. The number of pyridine rings is 2. The highest BCUT2D eigenvalue weighted by Gasteiger charge is 2.30. The van der Waals surface area contributed by atoms with Crippen LogP contribution in [0.5, 0.6) is 0 Å². The third-order valence-electron chi connectivity index (χ3n) is 7.33. The second-order valence-corrected chi connectivity index (χ2v) is 11.2. The molecule has 200 valence electrons. The summed E-state index contributed by atoms with van der Waals surface area (Å²) < 4.78 is 9.26. The van der Waals surface area contributed by atoms with Crippen molar-refractivity contribution in [2.45, 2.75) is 78.0 Å². The average molecular weight is 516 g/mol. The average Bonchev–Trinajstić information content (AvgIpc) is 3.18. The molecule has 0 unspecified atom stereocenters. The number of imidazole rings is 1. The van der Waals surface area contributed by atoms with Crippen molar-refractivity contribution in [3.05, 3.63) is 70.7 Å². The number of unbranched alkanes of at least 4 members (excludes halogenated alkanes) is 1. The zero-order chi connectivity index (χ0) is 26.9. The number of benzene rings is 1. The molecule has 0 atom stereocenters. The van der Waals surface area contributed by atoms with Crippen LogP contribution in [0.15, 0.2) is 53.7 Å². The number of ether oxygens (including phenoxy) is 1. The van der Waals surface area contributed by atoms with Gasteiger partial charge in [0, 0.05) is 36.9 Å². The van der Waals surface area contributed by atoms with Gasteiger partial charge >= 0.3 is 11.8 Å². The molecule has 0 N–H and O–H groups in total. The molecule has 0 aliphatic carbocycles. The Morgan fingerprint density at radius 1 is 1.08 bits per heavy atom. The van der Waals surface area contributed by atoms with Crippen molar-refractivity contribution >= 4 is 27.9 Å². The molecule has 3 aromatic heterocycles. The van der Waals surface area contributed by atoms with E-state index in [0.717, 1.165) is 41.4 Å². The molecule has 4 heterocycles. The predicted octanol–water partition coefficient (Wildman–Crippen LogP) is 5.71. The summed E-state index contributed by atoms with van der Waals surface area (Å²) in [6.45, 7) is 9.31. The molecule has 4 aromatic rings. The summed E-state index contributed by atoms with van der Waals surface area (Å²) in [6, 6.07) is 10.2. The van der Waals surface area contributed by atoms with Gasteiger partial charge < -0.3 is 9.64 Å². The quantitative estimate of drug-likeness (QED) is 0.329. The van der Waals surface area contributed by atoms with Crippen LogP contribution in [0.4, 0.5) is 4.79 Å². The minimum Gasteiger partial charge on any atom is -0.444 e. The molecule has 1 aliphatic heterocycles. The van der Waals surface area contributed by atoms with Crippen LogP contribution in [0.2, 0.25) is 0 Å². The molecule has 0 radical (unpaired) electrons. The van der Waals surface area contributed by atoms with Gasteiger partial charge in [0.15, 0.2) is 0 Å². The number of rotatable bonds is 6. The number of amides is 1. The van der Waals surface area contributed by atoms with Gasteiger partial charge in [-0.05, 0) is 63.5 Å². The first-order chi connectivity index (χ1) is 18.3. The molecule has 1 fully saturated rings. The number of fused-ring (bicyclic) bond motifs is 2. The molecular weight excluding hydrogens is 478 g/mol. The maximum Gasteiger partial charge on any atom is 0.410 e. The van der Waals surface area contributed by atoms with E-state index in [2.05, 4.69) is 30.1 Å². The number of carbonyl (C=O) groups is 1. The number of nitrogens with zero attached hydrogens (tertiary/aromatic N) is 5. The molecule has 38 heavy (non-hydrogen) atoms. The second kappa shape index (κ2) is 10.6. The van der Waals surface area contributed by atoms with Crippen molar-refractivity contribution in [3.8, 4) is 0 Å². The fraction of sp³-hybridized carbons (Fsp3) is 0.467. The fourth-order valence-electron chi connectivity index (χ4n) is 5.45.